The van der Waals surface area contributed by atoms with E-state index in [9.17, 15) is 24.0 Å². The summed E-state index contributed by atoms with van der Waals surface area (Å²) >= 11 is 0. The van der Waals surface area contributed by atoms with Gasteiger partial charge in [0, 0.05) is 34.1 Å². The van der Waals surface area contributed by atoms with Gasteiger partial charge in [-0.3, -0.25) is 19.2 Å². The fourth-order valence-corrected chi connectivity index (χ4v) is 3.07. The van der Waals surface area contributed by atoms with Crippen LogP contribution >= 0.6 is 0 Å². The molecule has 0 aromatic rings. The number of ether oxygens (including phenoxy) is 7. The summed E-state index contributed by atoms with van der Waals surface area (Å²) in [6.07, 6.45) is -4.97. The predicted molar refractivity (Wildman–Crippen MR) is 104 cm³/mol. The van der Waals surface area contributed by atoms with Gasteiger partial charge in [-0.1, -0.05) is 0 Å². The molecule has 32 heavy (non-hydrogen) atoms. The van der Waals surface area contributed by atoms with Crippen molar-refractivity contribution >= 4 is 29.8 Å². The van der Waals surface area contributed by atoms with Gasteiger partial charge in [-0.15, -0.1) is 0 Å². The number of carbonyl (C=O) groups is 5. The maximum Gasteiger partial charge on any atom is 0.333 e. The van der Waals surface area contributed by atoms with E-state index < -0.39 is 60.4 Å². The minimum absolute atomic E-state index is 0.109. The Morgan fingerprint density at radius 3 is 1.66 bits per heavy atom. The van der Waals surface area contributed by atoms with Crippen LogP contribution in [0.15, 0.2) is 11.8 Å². The second-order valence-corrected chi connectivity index (χ2v) is 6.78. The Morgan fingerprint density at radius 2 is 1.22 bits per heavy atom. The quantitative estimate of drug-likeness (QED) is 0.200. The Morgan fingerprint density at radius 1 is 0.719 bits per heavy atom. The SMILES string of the molecule is COC(=O)/C=C(\C[C@@H]1O[C@H](COC(C)=O)[C@H](OC(C)=O)[C@H](OC(C)=O)[C@H]1OC(C)=O)OC. The smallest absolute Gasteiger partial charge is 0.333 e. The van der Waals surface area contributed by atoms with Gasteiger partial charge < -0.3 is 33.2 Å². The molecule has 5 atom stereocenters. The molecule has 0 aromatic carbocycles. The molecule has 0 bridgehead atoms. The number of methoxy groups -OCH3 is 2. The number of esters is 5. The summed E-state index contributed by atoms with van der Waals surface area (Å²) in [6, 6.07) is 0. The molecular formula is C20H28O12. The molecule has 0 aromatic heterocycles. The summed E-state index contributed by atoms with van der Waals surface area (Å²) in [7, 11) is 2.49. The van der Waals surface area contributed by atoms with Crippen LogP contribution in [0.2, 0.25) is 0 Å². The van der Waals surface area contributed by atoms with E-state index in [4.69, 9.17) is 28.4 Å². The molecule has 12 nitrogen and oxygen atoms in total. The van der Waals surface area contributed by atoms with Crippen LogP contribution in [-0.4, -0.2) is 81.2 Å². The molecule has 12 heteroatoms. The normalized spacial score (nSPS) is 25.2. The molecule has 1 aliphatic heterocycles. The second kappa shape index (κ2) is 12.6. The number of hydrogen-bond donors (Lipinski definition) is 0. The first-order valence-electron chi connectivity index (χ1n) is 9.61. The summed E-state index contributed by atoms with van der Waals surface area (Å²) in [5.74, 6) is -3.41. The first-order chi connectivity index (χ1) is 15.0. The number of rotatable bonds is 9. The third-order valence-electron chi connectivity index (χ3n) is 4.23. The maximum atomic E-state index is 11.8. The van der Waals surface area contributed by atoms with E-state index in [0.29, 0.717) is 0 Å². The van der Waals surface area contributed by atoms with E-state index >= 15 is 0 Å². The molecule has 180 valence electrons. The molecule has 0 amide bonds. The Hall–Kier alpha value is -3.15. The van der Waals surface area contributed by atoms with E-state index in [-0.39, 0.29) is 18.8 Å². The van der Waals surface area contributed by atoms with Crippen molar-refractivity contribution in [1.29, 1.82) is 0 Å². The van der Waals surface area contributed by atoms with Crippen LogP contribution in [0.25, 0.3) is 0 Å². The standard InChI is InChI=1S/C20H28O12/c1-10(21)28-9-16-19(30-12(3)23)20(31-13(4)24)18(29-11(2)22)15(32-16)7-14(26-5)8-17(25)27-6/h8,15-16,18-20H,7,9H2,1-6H3/b14-8+/t15-,16+,18-,19-,20+/m0/s1. The van der Waals surface area contributed by atoms with E-state index in [2.05, 4.69) is 4.74 Å². The van der Waals surface area contributed by atoms with Crippen LogP contribution in [0.5, 0.6) is 0 Å². The summed E-state index contributed by atoms with van der Waals surface area (Å²) in [5, 5.41) is 0. The molecule has 0 saturated carbocycles. The van der Waals surface area contributed by atoms with Crippen molar-refractivity contribution < 1.29 is 57.1 Å². The van der Waals surface area contributed by atoms with Gasteiger partial charge >= 0.3 is 29.8 Å². The molecule has 1 saturated heterocycles. The largest absolute Gasteiger partial charge is 0.501 e. The zero-order chi connectivity index (χ0) is 24.4. The van der Waals surface area contributed by atoms with Crippen molar-refractivity contribution in [1.82, 2.24) is 0 Å². The van der Waals surface area contributed by atoms with Crippen LogP contribution in [0.1, 0.15) is 34.1 Å². The average molecular weight is 460 g/mol. The van der Waals surface area contributed by atoms with Gasteiger partial charge in [-0.05, 0) is 0 Å². The van der Waals surface area contributed by atoms with Gasteiger partial charge in [0.25, 0.3) is 0 Å². The Balaban J connectivity index is 3.42. The molecule has 1 rings (SSSR count). The average Bonchev–Trinajstić information content (AvgIpc) is 2.68. The Bertz CT molecular complexity index is 743. The highest BCUT2D eigenvalue weighted by Crippen LogP contribution is 2.32. The van der Waals surface area contributed by atoms with E-state index in [1.54, 1.807) is 0 Å². The molecular weight excluding hydrogens is 432 g/mol. The molecule has 1 aliphatic rings. The third-order valence-corrected chi connectivity index (χ3v) is 4.23. The molecule has 0 aliphatic carbocycles. The van der Waals surface area contributed by atoms with Gasteiger partial charge in [0.05, 0.1) is 20.3 Å². The number of carbonyl (C=O) groups excluding carboxylic acids is 5. The molecule has 0 N–H and O–H groups in total. The fourth-order valence-electron chi connectivity index (χ4n) is 3.07. The molecule has 0 unspecified atom stereocenters. The lowest BCUT2D eigenvalue weighted by atomic mass is 9.92. The zero-order valence-electron chi connectivity index (χ0n) is 18.8. The Kier molecular flexibility index (Phi) is 10.6. The summed E-state index contributed by atoms with van der Waals surface area (Å²) in [4.78, 5) is 58.2. The fraction of sp³-hybridized carbons (Fsp3) is 0.650. The summed E-state index contributed by atoms with van der Waals surface area (Å²) < 4.78 is 36.6. The maximum absolute atomic E-state index is 11.8. The molecule has 1 fully saturated rings. The Labute approximate surface area is 185 Å². The van der Waals surface area contributed by atoms with Crippen LogP contribution in [0, 0.1) is 0 Å². The second-order valence-electron chi connectivity index (χ2n) is 6.78. The van der Waals surface area contributed by atoms with Gasteiger partial charge in [-0.25, -0.2) is 4.79 Å². The lowest BCUT2D eigenvalue weighted by Gasteiger charge is -2.44. The van der Waals surface area contributed by atoms with Crippen LogP contribution < -0.4 is 0 Å². The van der Waals surface area contributed by atoms with Gasteiger partial charge in [0.1, 0.15) is 24.6 Å². The summed E-state index contributed by atoms with van der Waals surface area (Å²) in [6.45, 7) is 4.21. The van der Waals surface area contributed by atoms with Crippen LogP contribution in [-0.2, 0) is 57.1 Å². The predicted octanol–water partition coefficient (Wildman–Crippen LogP) is 0.205. The van der Waals surface area contributed by atoms with Crippen molar-refractivity contribution in [3.05, 3.63) is 11.8 Å². The minimum atomic E-state index is -1.30. The molecule has 1 heterocycles. The van der Waals surface area contributed by atoms with Crippen molar-refractivity contribution in [2.24, 2.45) is 0 Å². The first kappa shape index (κ1) is 26.9. The monoisotopic (exact) mass is 460 g/mol. The highest BCUT2D eigenvalue weighted by atomic mass is 16.7. The lowest BCUT2D eigenvalue weighted by Crippen LogP contribution is -2.62. The lowest BCUT2D eigenvalue weighted by molar-refractivity contribution is -0.252. The van der Waals surface area contributed by atoms with Crippen molar-refractivity contribution in [3.8, 4) is 0 Å². The topological polar surface area (TPSA) is 150 Å². The van der Waals surface area contributed by atoms with E-state index in [0.717, 1.165) is 26.8 Å². The van der Waals surface area contributed by atoms with Crippen molar-refractivity contribution in [2.75, 3.05) is 20.8 Å². The van der Waals surface area contributed by atoms with E-state index in [1.165, 1.54) is 21.1 Å². The van der Waals surface area contributed by atoms with Gasteiger partial charge in [0.15, 0.2) is 18.3 Å². The highest BCUT2D eigenvalue weighted by molar-refractivity contribution is 5.82. The van der Waals surface area contributed by atoms with Crippen molar-refractivity contribution in [3.63, 3.8) is 0 Å². The van der Waals surface area contributed by atoms with Crippen molar-refractivity contribution in [2.45, 2.75) is 64.6 Å². The zero-order valence-corrected chi connectivity index (χ0v) is 18.8. The van der Waals surface area contributed by atoms with E-state index in [1.807, 2.05) is 0 Å². The molecule has 0 spiro atoms. The highest BCUT2D eigenvalue weighted by Gasteiger charge is 2.52. The summed E-state index contributed by atoms with van der Waals surface area (Å²) in [5.41, 5.74) is 0. The van der Waals surface area contributed by atoms with Gasteiger partial charge in [-0.2, -0.15) is 0 Å². The third kappa shape index (κ3) is 8.53. The first-order valence-corrected chi connectivity index (χ1v) is 9.61. The van der Waals surface area contributed by atoms with Gasteiger partial charge in [0.2, 0.25) is 0 Å². The number of hydrogen-bond acceptors (Lipinski definition) is 12. The van der Waals surface area contributed by atoms with Crippen LogP contribution in [0.4, 0.5) is 0 Å². The van der Waals surface area contributed by atoms with Crippen LogP contribution in [0.3, 0.4) is 0 Å². The minimum Gasteiger partial charge on any atom is -0.501 e. The molecule has 0 radical (unpaired) electrons.